The van der Waals surface area contributed by atoms with Gasteiger partial charge >= 0.3 is 6.03 Å². The lowest BCUT2D eigenvalue weighted by Crippen LogP contribution is -2.41. The van der Waals surface area contributed by atoms with E-state index in [-0.39, 0.29) is 17.6 Å². The third-order valence-corrected chi connectivity index (χ3v) is 6.49. The fourth-order valence-electron chi connectivity index (χ4n) is 4.75. The molecule has 2 amide bonds. The first-order chi connectivity index (χ1) is 15.9. The predicted molar refractivity (Wildman–Crippen MR) is 131 cm³/mol. The number of carbonyl (C=O) groups is 2. The molecule has 2 aromatic carbocycles. The molecule has 178 valence electrons. The molecule has 2 atom stereocenters. The van der Waals surface area contributed by atoms with Gasteiger partial charge in [0.05, 0.1) is 0 Å². The van der Waals surface area contributed by atoms with Gasteiger partial charge in [0.2, 0.25) is 0 Å². The van der Waals surface area contributed by atoms with Crippen LogP contribution in [0.5, 0.6) is 0 Å². The van der Waals surface area contributed by atoms with E-state index in [2.05, 4.69) is 22.5 Å². The Morgan fingerprint density at radius 2 is 1.91 bits per heavy atom. The van der Waals surface area contributed by atoms with E-state index < -0.39 is 0 Å². The van der Waals surface area contributed by atoms with E-state index in [1.165, 1.54) is 12.5 Å². The smallest absolute Gasteiger partial charge is 0.319 e. The summed E-state index contributed by atoms with van der Waals surface area (Å²) in [5.41, 5.74) is 2.39. The van der Waals surface area contributed by atoms with Gasteiger partial charge < -0.3 is 15.5 Å². The second-order valence-corrected chi connectivity index (χ2v) is 9.10. The summed E-state index contributed by atoms with van der Waals surface area (Å²) in [6.07, 6.45) is 5.24. The Morgan fingerprint density at radius 1 is 1.12 bits per heavy atom. The summed E-state index contributed by atoms with van der Waals surface area (Å²) >= 11 is 0. The number of carbonyl (C=O) groups excluding carboxylic acids is 2. The number of ketones is 1. The van der Waals surface area contributed by atoms with Gasteiger partial charge in [-0.15, -0.1) is 0 Å². The van der Waals surface area contributed by atoms with Gasteiger partial charge in [-0.25, -0.2) is 9.18 Å². The number of anilines is 1. The summed E-state index contributed by atoms with van der Waals surface area (Å²) in [6.45, 7) is 7.66. The molecular formula is C27H36FN3O2. The summed E-state index contributed by atoms with van der Waals surface area (Å²) in [7, 11) is 0. The molecule has 0 aliphatic carbocycles. The van der Waals surface area contributed by atoms with Crippen molar-refractivity contribution in [1.82, 2.24) is 10.2 Å². The third-order valence-electron chi connectivity index (χ3n) is 6.49. The minimum atomic E-state index is -0.255. The number of halogens is 1. The normalized spacial score (nSPS) is 18.6. The van der Waals surface area contributed by atoms with E-state index in [0.717, 1.165) is 51.7 Å². The van der Waals surface area contributed by atoms with E-state index in [0.29, 0.717) is 29.6 Å². The molecule has 0 saturated carbocycles. The molecule has 1 fully saturated rings. The second-order valence-electron chi connectivity index (χ2n) is 9.10. The molecule has 1 heterocycles. The molecule has 3 rings (SSSR count). The lowest BCUT2D eigenvalue weighted by molar-refractivity contribution is 0.101. The van der Waals surface area contributed by atoms with E-state index in [1.54, 1.807) is 36.4 Å². The Hall–Kier alpha value is -2.73. The Bertz CT molecular complexity index is 916. The monoisotopic (exact) mass is 453 g/mol. The number of nitrogens with one attached hydrogen (secondary N) is 2. The van der Waals surface area contributed by atoms with Gasteiger partial charge in [0, 0.05) is 24.3 Å². The highest BCUT2D eigenvalue weighted by Gasteiger charge is 2.28. The highest BCUT2D eigenvalue weighted by Crippen LogP contribution is 2.30. The molecular weight excluding hydrogens is 417 g/mol. The third kappa shape index (κ3) is 7.97. The van der Waals surface area contributed by atoms with Crippen molar-refractivity contribution in [2.24, 2.45) is 11.8 Å². The zero-order valence-electron chi connectivity index (χ0n) is 19.8. The molecule has 0 aromatic heterocycles. The van der Waals surface area contributed by atoms with Crippen LogP contribution in [0.1, 0.15) is 55.5 Å². The van der Waals surface area contributed by atoms with Crippen LogP contribution in [0.2, 0.25) is 0 Å². The summed E-state index contributed by atoms with van der Waals surface area (Å²) in [6, 6.07) is 13.6. The first-order valence-corrected chi connectivity index (χ1v) is 12.1. The maximum atomic E-state index is 13.3. The fraction of sp³-hybridized carbons (Fsp3) is 0.481. The van der Waals surface area contributed by atoms with Crippen molar-refractivity contribution in [3.05, 3.63) is 65.5 Å². The van der Waals surface area contributed by atoms with E-state index in [1.807, 2.05) is 12.1 Å². The van der Waals surface area contributed by atoms with E-state index in [9.17, 15) is 14.0 Å². The molecule has 1 aliphatic heterocycles. The number of rotatable bonds is 10. The van der Waals surface area contributed by atoms with Crippen LogP contribution in [-0.2, 0) is 6.42 Å². The van der Waals surface area contributed by atoms with Gasteiger partial charge in [-0.1, -0.05) is 31.2 Å². The summed E-state index contributed by atoms with van der Waals surface area (Å²) in [5, 5.41) is 5.74. The van der Waals surface area contributed by atoms with Gasteiger partial charge in [-0.2, -0.15) is 0 Å². The van der Waals surface area contributed by atoms with Crippen molar-refractivity contribution in [3.8, 4) is 0 Å². The number of urea groups is 1. The van der Waals surface area contributed by atoms with Crippen LogP contribution < -0.4 is 10.6 Å². The standard InChI is InChI=1S/C27H36FN3O2/c1-3-15-31-16-13-23(17-21-9-11-25(28)12-10-21)24(19-31)7-5-14-29-27(33)30-26-8-4-6-22(18-26)20(2)32/h4,6,8-12,18,23-24H,3,5,7,13-17,19H2,1-2H3,(H2,29,30,33)/t23-,24?/m0/s1. The maximum Gasteiger partial charge on any atom is 0.319 e. The molecule has 2 aromatic rings. The molecule has 33 heavy (non-hydrogen) atoms. The van der Waals surface area contributed by atoms with Gasteiger partial charge in [0.1, 0.15) is 5.82 Å². The molecule has 1 aliphatic rings. The minimum absolute atomic E-state index is 0.0288. The lowest BCUT2D eigenvalue weighted by atomic mass is 9.79. The second kappa shape index (κ2) is 12.5. The Morgan fingerprint density at radius 3 is 2.64 bits per heavy atom. The Labute approximate surface area is 196 Å². The number of hydrogen-bond donors (Lipinski definition) is 2. The topological polar surface area (TPSA) is 61.4 Å². The van der Waals surface area contributed by atoms with Crippen LogP contribution >= 0.6 is 0 Å². The highest BCUT2D eigenvalue weighted by molar-refractivity contribution is 5.96. The average Bonchev–Trinajstić information content (AvgIpc) is 2.80. The molecule has 2 N–H and O–H groups in total. The van der Waals surface area contributed by atoms with Crippen molar-refractivity contribution < 1.29 is 14.0 Å². The fourth-order valence-corrected chi connectivity index (χ4v) is 4.75. The number of piperidine rings is 1. The quantitative estimate of drug-likeness (QED) is 0.368. The van der Waals surface area contributed by atoms with E-state index in [4.69, 9.17) is 0 Å². The molecule has 1 saturated heterocycles. The number of benzene rings is 2. The maximum absolute atomic E-state index is 13.3. The summed E-state index contributed by atoms with van der Waals surface area (Å²) < 4.78 is 13.3. The molecule has 0 spiro atoms. The molecule has 1 unspecified atom stereocenters. The van der Waals surface area contributed by atoms with Crippen molar-refractivity contribution in [3.63, 3.8) is 0 Å². The molecule has 5 nitrogen and oxygen atoms in total. The lowest BCUT2D eigenvalue weighted by Gasteiger charge is -2.39. The highest BCUT2D eigenvalue weighted by atomic mass is 19.1. The minimum Gasteiger partial charge on any atom is -0.338 e. The Kier molecular flexibility index (Phi) is 9.43. The van der Waals surface area contributed by atoms with Crippen LogP contribution in [0.3, 0.4) is 0 Å². The van der Waals surface area contributed by atoms with E-state index >= 15 is 0 Å². The number of Topliss-reactive ketones (excluding diaryl/α,β-unsaturated/α-hetero) is 1. The van der Waals surface area contributed by atoms with Crippen LogP contribution in [-0.4, -0.2) is 42.9 Å². The van der Waals surface area contributed by atoms with Gasteiger partial charge in [0.25, 0.3) is 0 Å². The Balaban J connectivity index is 1.48. The van der Waals surface area contributed by atoms with Gasteiger partial charge in [0.15, 0.2) is 5.78 Å². The van der Waals surface area contributed by atoms with Crippen LogP contribution in [0.15, 0.2) is 48.5 Å². The first kappa shape index (κ1) is 24.9. The molecule has 0 radical (unpaired) electrons. The van der Waals surface area contributed by atoms with Crippen LogP contribution in [0, 0.1) is 17.7 Å². The summed E-state index contributed by atoms with van der Waals surface area (Å²) in [5.74, 6) is 0.920. The van der Waals surface area contributed by atoms with Gasteiger partial charge in [-0.05, 0) is 93.8 Å². The SMILES string of the molecule is CCCN1CC[C@@H](Cc2ccc(F)cc2)C(CCCNC(=O)Nc2cccc(C(C)=O)c2)C1. The van der Waals surface area contributed by atoms with Crippen LogP contribution in [0.4, 0.5) is 14.9 Å². The number of amides is 2. The number of likely N-dealkylation sites (tertiary alicyclic amines) is 1. The number of nitrogens with zero attached hydrogens (tertiary/aromatic N) is 1. The zero-order chi connectivity index (χ0) is 23.6. The predicted octanol–water partition coefficient (Wildman–Crippen LogP) is 5.52. The summed E-state index contributed by atoms with van der Waals surface area (Å²) in [4.78, 5) is 26.3. The zero-order valence-corrected chi connectivity index (χ0v) is 19.8. The number of hydrogen-bond acceptors (Lipinski definition) is 3. The largest absolute Gasteiger partial charge is 0.338 e. The van der Waals surface area contributed by atoms with Crippen molar-refractivity contribution >= 4 is 17.5 Å². The first-order valence-electron chi connectivity index (χ1n) is 12.1. The molecule has 0 bridgehead atoms. The van der Waals surface area contributed by atoms with Crippen molar-refractivity contribution in [2.45, 2.75) is 46.0 Å². The average molecular weight is 454 g/mol. The van der Waals surface area contributed by atoms with Crippen molar-refractivity contribution in [2.75, 3.05) is 31.5 Å². The van der Waals surface area contributed by atoms with Crippen LogP contribution in [0.25, 0.3) is 0 Å². The van der Waals surface area contributed by atoms with Gasteiger partial charge in [-0.3, -0.25) is 4.79 Å². The molecule has 6 heteroatoms. The van der Waals surface area contributed by atoms with Crippen molar-refractivity contribution in [1.29, 1.82) is 0 Å².